The van der Waals surface area contributed by atoms with Crippen molar-refractivity contribution in [3.05, 3.63) is 35.9 Å². The maximum atomic E-state index is 12.7. The van der Waals surface area contributed by atoms with Crippen molar-refractivity contribution in [2.75, 3.05) is 0 Å². The number of carbonyl (C=O) groups excluding carboxylic acids is 3. The molecule has 3 amide bonds. The molecule has 30 heavy (non-hydrogen) atoms. The van der Waals surface area contributed by atoms with E-state index in [1.54, 1.807) is 30.3 Å². The minimum Gasteiger partial charge on any atom is -0.481 e. The molecule has 4 unspecified atom stereocenters. The molecular formula is C19H26N4O7. The summed E-state index contributed by atoms with van der Waals surface area (Å²) in [7, 11) is 0. The Balaban J connectivity index is 2.87. The van der Waals surface area contributed by atoms with E-state index in [2.05, 4.69) is 16.0 Å². The van der Waals surface area contributed by atoms with Gasteiger partial charge < -0.3 is 31.9 Å². The summed E-state index contributed by atoms with van der Waals surface area (Å²) in [5.41, 5.74) is 6.26. The largest absolute Gasteiger partial charge is 0.481 e. The number of rotatable bonds is 11. The number of carboxylic acid groups (broad SMARTS) is 2. The minimum atomic E-state index is -1.36. The Morgan fingerprint density at radius 1 is 0.867 bits per heavy atom. The van der Waals surface area contributed by atoms with Gasteiger partial charge in [-0.1, -0.05) is 30.3 Å². The molecule has 0 saturated carbocycles. The van der Waals surface area contributed by atoms with Crippen LogP contribution in [0, 0.1) is 0 Å². The summed E-state index contributed by atoms with van der Waals surface area (Å²) in [4.78, 5) is 58.6. The molecule has 1 aromatic carbocycles. The molecule has 0 radical (unpaired) electrons. The van der Waals surface area contributed by atoms with Crippen molar-refractivity contribution in [1.82, 2.24) is 16.0 Å². The Morgan fingerprint density at radius 3 is 1.97 bits per heavy atom. The molecule has 0 aliphatic heterocycles. The second-order valence-electron chi connectivity index (χ2n) is 6.75. The number of carboxylic acids is 2. The summed E-state index contributed by atoms with van der Waals surface area (Å²) in [5, 5.41) is 24.7. The van der Waals surface area contributed by atoms with E-state index in [0.29, 0.717) is 5.56 Å². The van der Waals surface area contributed by atoms with Gasteiger partial charge in [-0.05, 0) is 19.4 Å². The lowest BCUT2D eigenvalue weighted by atomic mass is 10.0. The van der Waals surface area contributed by atoms with Crippen LogP contribution in [0.5, 0.6) is 0 Å². The fourth-order valence-corrected chi connectivity index (χ4v) is 2.40. The highest BCUT2D eigenvalue weighted by Gasteiger charge is 2.28. The van der Waals surface area contributed by atoms with Crippen LogP contribution in [0.25, 0.3) is 0 Å². The van der Waals surface area contributed by atoms with Crippen LogP contribution in [0.3, 0.4) is 0 Å². The van der Waals surface area contributed by atoms with Crippen LogP contribution in [0.2, 0.25) is 0 Å². The van der Waals surface area contributed by atoms with E-state index in [9.17, 15) is 24.0 Å². The molecule has 4 atom stereocenters. The van der Waals surface area contributed by atoms with Crippen LogP contribution in [0.4, 0.5) is 0 Å². The summed E-state index contributed by atoms with van der Waals surface area (Å²) in [5.74, 6) is -4.75. The van der Waals surface area contributed by atoms with Gasteiger partial charge in [-0.3, -0.25) is 24.0 Å². The van der Waals surface area contributed by atoms with Crippen molar-refractivity contribution in [2.45, 2.75) is 50.9 Å². The highest BCUT2D eigenvalue weighted by Crippen LogP contribution is 2.05. The van der Waals surface area contributed by atoms with Gasteiger partial charge in [0, 0.05) is 6.42 Å². The third-order valence-corrected chi connectivity index (χ3v) is 4.13. The van der Waals surface area contributed by atoms with Gasteiger partial charge in [0.25, 0.3) is 0 Å². The van der Waals surface area contributed by atoms with E-state index in [-0.39, 0.29) is 6.42 Å². The molecule has 0 bridgehead atoms. The molecule has 1 aromatic rings. The number of hydrogen-bond acceptors (Lipinski definition) is 6. The number of amides is 3. The van der Waals surface area contributed by atoms with Gasteiger partial charge >= 0.3 is 11.9 Å². The van der Waals surface area contributed by atoms with Gasteiger partial charge in [-0.15, -0.1) is 0 Å². The van der Waals surface area contributed by atoms with E-state index in [1.807, 2.05) is 0 Å². The summed E-state index contributed by atoms with van der Waals surface area (Å²) >= 11 is 0. The monoisotopic (exact) mass is 422 g/mol. The van der Waals surface area contributed by atoms with Gasteiger partial charge in [0.15, 0.2) is 0 Å². The lowest BCUT2D eigenvalue weighted by Gasteiger charge is -2.23. The van der Waals surface area contributed by atoms with Gasteiger partial charge in [0.1, 0.15) is 18.1 Å². The van der Waals surface area contributed by atoms with Gasteiger partial charge in [-0.25, -0.2) is 0 Å². The summed E-state index contributed by atoms with van der Waals surface area (Å²) in [6.07, 6.45) is -0.546. The second kappa shape index (κ2) is 11.5. The van der Waals surface area contributed by atoms with Crippen LogP contribution in [-0.4, -0.2) is 64.0 Å². The predicted molar refractivity (Wildman–Crippen MR) is 105 cm³/mol. The second-order valence-corrected chi connectivity index (χ2v) is 6.75. The number of carbonyl (C=O) groups is 5. The van der Waals surface area contributed by atoms with E-state index in [0.717, 1.165) is 0 Å². The molecular weight excluding hydrogens is 396 g/mol. The number of hydrogen-bond donors (Lipinski definition) is 6. The maximum absolute atomic E-state index is 12.7. The first-order chi connectivity index (χ1) is 14.0. The van der Waals surface area contributed by atoms with Gasteiger partial charge in [0.2, 0.25) is 17.7 Å². The van der Waals surface area contributed by atoms with Crippen molar-refractivity contribution in [3.63, 3.8) is 0 Å². The lowest BCUT2D eigenvalue weighted by Crippen LogP contribution is -2.56. The van der Waals surface area contributed by atoms with Crippen LogP contribution in [0.15, 0.2) is 30.3 Å². The summed E-state index contributed by atoms with van der Waals surface area (Å²) in [6, 6.07) is 4.00. The molecule has 1 rings (SSSR count). The van der Waals surface area contributed by atoms with Crippen molar-refractivity contribution in [2.24, 2.45) is 5.73 Å². The molecule has 0 aliphatic rings. The Morgan fingerprint density at radius 2 is 1.43 bits per heavy atom. The van der Waals surface area contributed by atoms with Crippen LogP contribution in [-0.2, 0) is 30.4 Å². The Labute approximate surface area is 173 Å². The highest BCUT2D eigenvalue weighted by atomic mass is 16.4. The first kappa shape index (κ1) is 24.6. The molecule has 7 N–H and O–H groups in total. The standard InChI is InChI=1S/C19H26N4O7/c1-10(16(26)22-11(2)19(29)30)21-18(28)14(8-12-6-4-3-5-7-12)23-17(27)13(20)9-15(24)25/h3-7,10-11,13-14H,8-9,20H2,1-2H3,(H,21,28)(H,22,26)(H,23,27)(H,24,25)(H,29,30). The summed E-state index contributed by atoms with van der Waals surface area (Å²) in [6.45, 7) is 2.64. The van der Waals surface area contributed by atoms with E-state index < -0.39 is 60.2 Å². The van der Waals surface area contributed by atoms with Gasteiger partial charge in [-0.2, -0.15) is 0 Å². The number of aliphatic carboxylic acids is 2. The van der Waals surface area contributed by atoms with Crippen molar-refractivity contribution in [1.29, 1.82) is 0 Å². The smallest absolute Gasteiger partial charge is 0.325 e. The third-order valence-electron chi connectivity index (χ3n) is 4.13. The zero-order valence-electron chi connectivity index (χ0n) is 16.6. The SMILES string of the molecule is CC(NC(=O)C(C)NC(=O)C(Cc1ccccc1)NC(=O)C(N)CC(=O)O)C(=O)O. The first-order valence-electron chi connectivity index (χ1n) is 9.16. The molecule has 0 aromatic heterocycles. The van der Waals surface area contributed by atoms with Crippen LogP contribution in [0.1, 0.15) is 25.8 Å². The number of benzene rings is 1. The highest BCUT2D eigenvalue weighted by molar-refractivity contribution is 5.94. The molecule has 0 heterocycles. The quantitative estimate of drug-likeness (QED) is 0.251. The Kier molecular flexibility index (Phi) is 9.43. The average Bonchev–Trinajstić information content (AvgIpc) is 2.67. The zero-order chi connectivity index (χ0) is 22.8. The predicted octanol–water partition coefficient (Wildman–Crippen LogP) is -1.39. The maximum Gasteiger partial charge on any atom is 0.325 e. The van der Waals surface area contributed by atoms with Crippen LogP contribution < -0.4 is 21.7 Å². The topological polar surface area (TPSA) is 188 Å². The fraction of sp³-hybridized carbons (Fsp3) is 0.421. The van der Waals surface area contributed by atoms with Crippen molar-refractivity contribution in [3.8, 4) is 0 Å². The molecule has 0 spiro atoms. The Hall–Kier alpha value is -3.47. The normalized spacial score (nSPS) is 14.5. The first-order valence-corrected chi connectivity index (χ1v) is 9.16. The van der Waals surface area contributed by atoms with E-state index >= 15 is 0 Å². The van der Waals surface area contributed by atoms with Crippen LogP contribution >= 0.6 is 0 Å². The molecule has 164 valence electrons. The molecule has 0 aliphatic carbocycles. The lowest BCUT2D eigenvalue weighted by molar-refractivity contribution is -0.141. The van der Waals surface area contributed by atoms with Gasteiger partial charge in [0.05, 0.1) is 12.5 Å². The Bertz CT molecular complexity index is 784. The van der Waals surface area contributed by atoms with Crippen molar-refractivity contribution < 1.29 is 34.2 Å². The molecule has 0 saturated heterocycles. The molecule has 11 heteroatoms. The number of nitrogens with two attached hydrogens (primary N) is 1. The van der Waals surface area contributed by atoms with E-state index in [4.69, 9.17) is 15.9 Å². The molecule has 11 nitrogen and oxygen atoms in total. The number of nitrogens with one attached hydrogen (secondary N) is 3. The minimum absolute atomic E-state index is 0.0675. The third kappa shape index (κ3) is 8.27. The fourth-order valence-electron chi connectivity index (χ4n) is 2.40. The average molecular weight is 422 g/mol. The molecule has 0 fully saturated rings. The summed E-state index contributed by atoms with van der Waals surface area (Å²) < 4.78 is 0. The van der Waals surface area contributed by atoms with E-state index in [1.165, 1.54) is 13.8 Å². The zero-order valence-corrected chi connectivity index (χ0v) is 16.6. The van der Waals surface area contributed by atoms with Crippen molar-refractivity contribution >= 4 is 29.7 Å².